The minimum absolute atomic E-state index is 0.200. The van der Waals surface area contributed by atoms with Gasteiger partial charge in [0.1, 0.15) is 5.82 Å². The van der Waals surface area contributed by atoms with Crippen molar-refractivity contribution in [3.63, 3.8) is 0 Å². The fourth-order valence-corrected chi connectivity index (χ4v) is 2.20. The molecule has 22 heavy (non-hydrogen) atoms. The first-order valence-corrected chi connectivity index (χ1v) is 6.86. The molecule has 0 fully saturated rings. The first kappa shape index (κ1) is 14.2. The van der Waals surface area contributed by atoms with Crippen LogP contribution >= 0.6 is 0 Å². The maximum absolute atomic E-state index is 13.0. The molecule has 1 aromatic carbocycles. The van der Waals surface area contributed by atoms with Crippen molar-refractivity contribution >= 4 is 0 Å². The Morgan fingerprint density at radius 2 is 1.82 bits per heavy atom. The van der Waals surface area contributed by atoms with Crippen LogP contribution in [0.15, 0.2) is 47.3 Å². The van der Waals surface area contributed by atoms with Crippen LogP contribution in [0.2, 0.25) is 0 Å². The van der Waals surface area contributed by atoms with Gasteiger partial charge in [0, 0.05) is 24.4 Å². The molecule has 0 atom stereocenters. The van der Waals surface area contributed by atoms with E-state index in [9.17, 15) is 9.18 Å². The lowest BCUT2D eigenvalue weighted by Gasteiger charge is -2.05. The topological polar surface area (TPSA) is 52.7 Å². The van der Waals surface area contributed by atoms with E-state index >= 15 is 0 Å². The maximum Gasteiger partial charge on any atom is 0.267 e. The molecule has 0 aliphatic heterocycles. The third-order valence-corrected chi connectivity index (χ3v) is 3.48. The molecular weight excluding hydrogens is 283 g/mol. The van der Waals surface area contributed by atoms with Crippen LogP contribution < -0.4 is 5.56 Å². The summed E-state index contributed by atoms with van der Waals surface area (Å²) in [5.41, 5.74) is 2.96. The van der Waals surface area contributed by atoms with Crippen LogP contribution in [0.25, 0.3) is 11.3 Å². The van der Waals surface area contributed by atoms with E-state index in [2.05, 4.69) is 10.2 Å². The first-order valence-electron chi connectivity index (χ1n) is 6.86. The van der Waals surface area contributed by atoms with Gasteiger partial charge < -0.3 is 0 Å². The molecule has 0 saturated carbocycles. The van der Waals surface area contributed by atoms with Gasteiger partial charge in [-0.05, 0) is 43.3 Å². The van der Waals surface area contributed by atoms with Crippen LogP contribution in [0.3, 0.4) is 0 Å². The number of rotatable bonds is 3. The highest BCUT2D eigenvalue weighted by Crippen LogP contribution is 2.15. The molecule has 6 heteroatoms. The van der Waals surface area contributed by atoms with E-state index in [-0.39, 0.29) is 11.4 Å². The number of hydrogen-bond acceptors (Lipinski definition) is 3. The van der Waals surface area contributed by atoms with E-state index in [1.165, 1.54) is 22.9 Å². The zero-order valence-corrected chi connectivity index (χ0v) is 12.3. The third kappa shape index (κ3) is 2.81. The van der Waals surface area contributed by atoms with E-state index in [1.807, 2.05) is 20.0 Å². The number of aromatic nitrogens is 4. The molecule has 0 radical (unpaired) electrons. The number of benzene rings is 1. The molecule has 2 aromatic heterocycles. The van der Waals surface area contributed by atoms with Crippen LogP contribution in [0, 0.1) is 12.7 Å². The summed E-state index contributed by atoms with van der Waals surface area (Å²) in [6.45, 7) is 2.25. The fourth-order valence-electron chi connectivity index (χ4n) is 2.20. The van der Waals surface area contributed by atoms with E-state index in [1.54, 1.807) is 22.9 Å². The molecule has 0 spiro atoms. The number of nitrogens with zero attached hydrogens (tertiary/aromatic N) is 4. The molecule has 0 bridgehead atoms. The quantitative estimate of drug-likeness (QED) is 0.744. The summed E-state index contributed by atoms with van der Waals surface area (Å²) >= 11 is 0. The van der Waals surface area contributed by atoms with Gasteiger partial charge in [-0.3, -0.25) is 9.48 Å². The second-order valence-corrected chi connectivity index (χ2v) is 5.12. The largest absolute Gasteiger partial charge is 0.273 e. The normalized spacial score (nSPS) is 10.9. The molecular formula is C16H15FN4O. The van der Waals surface area contributed by atoms with Gasteiger partial charge in [-0.25, -0.2) is 9.07 Å². The lowest BCUT2D eigenvalue weighted by Crippen LogP contribution is -2.23. The minimum atomic E-state index is -0.305. The van der Waals surface area contributed by atoms with Gasteiger partial charge in [-0.1, -0.05) is 0 Å². The molecule has 0 aliphatic rings. The smallest absolute Gasteiger partial charge is 0.267 e. The lowest BCUT2D eigenvalue weighted by atomic mass is 10.1. The van der Waals surface area contributed by atoms with Crippen molar-refractivity contribution in [1.29, 1.82) is 0 Å². The predicted molar refractivity (Wildman–Crippen MR) is 80.9 cm³/mol. The van der Waals surface area contributed by atoms with E-state index < -0.39 is 0 Å². The average Bonchev–Trinajstić information content (AvgIpc) is 2.81. The molecule has 3 rings (SSSR count). The number of hydrogen-bond donors (Lipinski definition) is 0. The zero-order chi connectivity index (χ0) is 15.7. The standard InChI is InChI=1S/C16H15FN4O/c1-11-9-14(18-20(11)2)10-21-16(22)8-7-15(19-21)12-3-5-13(17)6-4-12/h3-9H,10H2,1-2H3. The van der Waals surface area contributed by atoms with Gasteiger partial charge in [0.15, 0.2) is 0 Å². The van der Waals surface area contributed by atoms with Crippen molar-refractivity contribution in [1.82, 2.24) is 19.6 Å². The molecule has 0 unspecified atom stereocenters. The molecule has 112 valence electrons. The van der Waals surface area contributed by atoms with Crippen LogP contribution in [0.4, 0.5) is 4.39 Å². The highest BCUT2D eigenvalue weighted by molar-refractivity contribution is 5.57. The van der Waals surface area contributed by atoms with Crippen LogP contribution in [0.5, 0.6) is 0 Å². The first-order chi connectivity index (χ1) is 10.5. The summed E-state index contributed by atoms with van der Waals surface area (Å²) in [5, 5.41) is 8.67. The second kappa shape index (κ2) is 5.55. The molecule has 2 heterocycles. The Bertz CT molecular complexity index is 845. The van der Waals surface area contributed by atoms with Crippen molar-refractivity contribution < 1.29 is 4.39 Å². The molecule has 3 aromatic rings. The Hall–Kier alpha value is -2.76. The minimum Gasteiger partial charge on any atom is -0.273 e. The lowest BCUT2D eigenvalue weighted by molar-refractivity contribution is 0.615. The van der Waals surface area contributed by atoms with Gasteiger partial charge in [-0.15, -0.1) is 0 Å². The van der Waals surface area contributed by atoms with Crippen LogP contribution in [-0.2, 0) is 13.6 Å². The highest BCUT2D eigenvalue weighted by Gasteiger charge is 2.07. The highest BCUT2D eigenvalue weighted by atomic mass is 19.1. The summed E-state index contributed by atoms with van der Waals surface area (Å²) in [6.07, 6.45) is 0. The maximum atomic E-state index is 13.0. The Balaban J connectivity index is 1.96. The SMILES string of the molecule is Cc1cc(Cn2nc(-c3ccc(F)cc3)ccc2=O)nn1C. The van der Waals surface area contributed by atoms with Crippen molar-refractivity contribution in [3.8, 4) is 11.3 Å². The molecule has 0 N–H and O–H groups in total. The number of aryl methyl sites for hydroxylation is 2. The van der Waals surface area contributed by atoms with Gasteiger partial charge in [0.05, 0.1) is 17.9 Å². The Morgan fingerprint density at radius 1 is 1.09 bits per heavy atom. The predicted octanol–water partition coefficient (Wildman–Crippen LogP) is 2.14. The Kier molecular flexibility index (Phi) is 3.58. The van der Waals surface area contributed by atoms with Gasteiger partial charge >= 0.3 is 0 Å². The van der Waals surface area contributed by atoms with Gasteiger partial charge in [-0.2, -0.15) is 10.2 Å². The molecule has 0 amide bonds. The third-order valence-electron chi connectivity index (χ3n) is 3.48. The summed E-state index contributed by atoms with van der Waals surface area (Å²) in [7, 11) is 1.85. The zero-order valence-electron chi connectivity index (χ0n) is 12.3. The molecule has 0 saturated heterocycles. The Labute approximate surface area is 126 Å². The summed E-state index contributed by atoms with van der Waals surface area (Å²) in [4.78, 5) is 12.0. The summed E-state index contributed by atoms with van der Waals surface area (Å²) in [6, 6.07) is 11.0. The van der Waals surface area contributed by atoms with Crippen LogP contribution in [-0.4, -0.2) is 19.6 Å². The fraction of sp³-hybridized carbons (Fsp3) is 0.188. The second-order valence-electron chi connectivity index (χ2n) is 5.12. The van der Waals surface area contributed by atoms with Gasteiger partial charge in [0.25, 0.3) is 5.56 Å². The Morgan fingerprint density at radius 3 is 2.45 bits per heavy atom. The summed E-state index contributed by atoms with van der Waals surface area (Å²) in [5.74, 6) is -0.305. The van der Waals surface area contributed by atoms with Crippen molar-refractivity contribution in [2.24, 2.45) is 7.05 Å². The average molecular weight is 298 g/mol. The van der Waals surface area contributed by atoms with Crippen molar-refractivity contribution in [3.05, 3.63) is 70.0 Å². The summed E-state index contributed by atoms with van der Waals surface area (Å²) < 4.78 is 16.1. The van der Waals surface area contributed by atoms with E-state index in [4.69, 9.17) is 0 Å². The monoisotopic (exact) mass is 298 g/mol. The van der Waals surface area contributed by atoms with E-state index in [0.29, 0.717) is 12.2 Å². The molecule has 0 aliphatic carbocycles. The van der Waals surface area contributed by atoms with Crippen molar-refractivity contribution in [2.75, 3.05) is 0 Å². The van der Waals surface area contributed by atoms with E-state index in [0.717, 1.165) is 17.0 Å². The molecule has 5 nitrogen and oxygen atoms in total. The number of halogens is 1. The van der Waals surface area contributed by atoms with Gasteiger partial charge in [0.2, 0.25) is 0 Å². The van der Waals surface area contributed by atoms with Crippen LogP contribution in [0.1, 0.15) is 11.4 Å². The van der Waals surface area contributed by atoms with Crippen molar-refractivity contribution in [2.45, 2.75) is 13.5 Å².